The van der Waals surface area contributed by atoms with Gasteiger partial charge in [0.15, 0.2) is 0 Å². The number of alkyl halides is 2. The molecule has 16 heavy (non-hydrogen) atoms. The van der Waals surface area contributed by atoms with Crippen molar-refractivity contribution in [2.75, 3.05) is 13.1 Å². The van der Waals surface area contributed by atoms with E-state index in [1.54, 1.807) is 0 Å². The number of nitrogens with zero attached hydrogens (tertiary/aromatic N) is 2. The Kier molecular flexibility index (Phi) is 2.28. The van der Waals surface area contributed by atoms with E-state index in [4.69, 9.17) is 10.3 Å². The van der Waals surface area contributed by atoms with E-state index in [0.29, 0.717) is 0 Å². The summed E-state index contributed by atoms with van der Waals surface area (Å²) in [4.78, 5) is 11.8. The van der Waals surface area contributed by atoms with E-state index in [9.17, 15) is 13.6 Å². The topological polar surface area (TPSA) is 73.1 Å². The minimum atomic E-state index is -2.87. The molecule has 90 valence electrons. The second kappa shape index (κ2) is 3.29. The number of oxime groups is 1. The Morgan fingerprint density at radius 2 is 2.00 bits per heavy atom. The van der Waals surface area contributed by atoms with Crippen LogP contribution in [-0.4, -0.2) is 46.5 Å². The van der Waals surface area contributed by atoms with Crippen LogP contribution >= 0.6 is 0 Å². The van der Waals surface area contributed by atoms with Crippen LogP contribution in [0.25, 0.3) is 0 Å². The minimum Gasteiger partial charge on any atom is -0.465 e. The number of amides is 1. The van der Waals surface area contributed by atoms with Crippen molar-refractivity contribution in [3.8, 4) is 0 Å². The average Bonchev–Trinajstić information content (AvgIpc) is 2.66. The van der Waals surface area contributed by atoms with Gasteiger partial charge in [0.2, 0.25) is 0 Å². The van der Waals surface area contributed by atoms with E-state index in [1.807, 2.05) is 0 Å². The molecular weight excluding hydrogens is 222 g/mol. The molecule has 0 bridgehead atoms. The maximum atomic E-state index is 13.5. The zero-order valence-corrected chi connectivity index (χ0v) is 8.44. The predicted molar refractivity (Wildman–Crippen MR) is 50.0 cm³/mol. The Bertz CT molecular complexity index is 338. The van der Waals surface area contributed by atoms with Gasteiger partial charge in [0.1, 0.15) is 0 Å². The molecule has 0 radical (unpaired) electrons. The average molecular weight is 234 g/mol. The lowest BCUT2D eigenvalue weighted by Gasteiger charge is -2.30. The van der Waals surface area contributed by atoms with E-state index < -0.39 is 23.3 Å². The van der Waals surface area contributed by atoms with Gasteiger partial charge in [-0.25, -0.2) is 13.6 Å². The highest BCUT2D eigenvalue weighted by atomic mass is 19.3. The number of piperidine rings is 1. The molecule has 5 nitrogen and oxygen atoms in total. The molecule has 1 unspecified atom stereocenters. The number of hydrogen-bond donors (Lipinski definition) is 2. The van der Waals surface area contributed by atoms with Crippen molar-refractivity contribution >= 4 is 12.3 Å². The summed E-state index contributed by atoms with van der Waals surface area (Å²) in [5.74, 6) is -3.93. The highest BCUT2D eigenvalue weighted by molar-refractivity contribution is 5.70. The van der Waals surface area contributed by atoms with Gasteiger partial charge in [0.25, 0.3) is 5.92 Å². The highest BCUT2D eigenvalue weighted by Crippen LogP contribution is 2.69. The Hall–Kier alpha value is -1.40. The van der Waals surface area contributed by atoms with Crippen LogP contribution in [0.2, 0.25) is 0 Å². The highest BCUT2D eigenvalue weighted by Gasteiger charge is 2.79. The largest absolute Gasteiger partial charge is 0.465 e. The molecule has 1 spiro atoms. The van der Waals surface area contributed by atoms with Crippen molar-refractivity contribution in [2.24, 2.45) is 16.5 Å². The van der Waals surface area contributed by atoms with E-state index in [2.05, 4.69) is 5.16 Å². The van der Waals surface area contributed by atoms with Gasteiger partial charge < -0.3 is 15.2 Å². The van der Waals surface area contributed by atoms with Crippen LogP contribution in [0.15, 0.2) is 5.16 Å². The van der Waals surface area contributed by atoms with Gasteiger partial charge in [-0.05, 0) is 12.8 Å². The molecule has 7 heteroatoms. The van der Waals surface area contributed by atoms with E-state index in [1.165, 1.54) is 0 Å². The molecule has 1 aliphatic carbocycles. The zero-order chi connectivity index (χ0) is 12.0. The Balaban J connectivity index is 2.06. The summed E-state index contributed by atoms with van der Waals surface area (Å²) in [6.45, 7) is 0.224. The van der Waals surface area contributed by atoms with Gasteiger partial charge in [-0.2, -0.15) is 0 Å². The monoisotopic (exact) mass is 234 g/mol. The Labute approximate surface area is 90.3 Å². The quantitative estimate of drug-likeness (QED) is 0.410. The molecule has 1 saturated heterocycles. The van der Waals surface area contributed by atoms with Gasteiger partial charge >= 0.3 is 6.09 Å². The van der Waals surface area contributed by atoms with E-state index in [0.717, 1.165) is 11.1 Å². The van der Waals surface area contributed by atoms with Crippen LogP contribution in [0.1, 0.15) is 12.8 Å². The van der Waals surface area contributed by atoms with E-state index in [-0.39, 0.29) is 25.9 Å². The molecule has 2 aliphatic rings. The number of rotatable bonds is 1. The first-order valence-corrected chi connectivity index (χ1v) is 4.99. The molecule has 0 aromatic rings. The Morgan fingerprint density at radius 3 is 2.44 bits per heavy atom. The van der Waals surface area contributed by atoms with Crippen molar-refractivity contribution in [3.63, 3.8) is 0 Å². The summed E-state index contributed by atoms with van der Waals surface area (Å²) in [7, 11) is 0. The number of hydrogen-bond acceptors (Lipinski definition) is 3. The molecule has 2 fully saturated rings. The van der Waals surface area contributed by atoms with Gasteiger partial charge in [-0.1, -0.05) is 0 Å². The molecule has 1 aliphatic heterocycles. The van der Waals surface area contributed by atoms with Gasteiger partial charge in [-0.3, -0.25) is 0 Å². The molecule has 0 aromatic heterocycles. The first kappa shape index (κ1) is 11.1. The molecule has 2 rings (SSSR count). The summed E-state index contributed by atoms with van der Waals surface area (Å²) >= 11 is 0. The van der Waals surface area contributed by atoms with Crippen molar-refractivity contribution in [3.05, 3.63) is 0 Å². The maximum absolute atomic E-state index is 13.5. The third-order valence-electron chi connectivity index (χ3n) is 3.71. The lowest BCUT2D eigenvalue weighted by molar-refractivity contribution is 0.0312. The Morgan fingerprint density at radius 1 is 1.44 bits per heavy atom. The zero-order valence-electron chi connectivity index (χ0n) is 8.44. The van der Waals surface area contributed by atoms with Gasteiger partial charge in [0, 0.05) is 13.1 Å². The van der Waals surface area contributed by atoms with Crippen molar-refractivity contribution < 1.29 is 23.9 Å². The first-order valence-electron chi connectivity index (χ1n) is 4.99. The summed E-state index contributed by atoms with van der Waals surface area (Å²) in [5.41, 5.74) is -1.19. The first-order chi connectivity index (χ1) is 7.45. The maximum Gasteiger partial charge on any atom is 0.407 e. The third-order valence-corrected chi connectivity index (χ3v) is 3.71. The van der Waals surface area contributed by atoms with Crippen LogP contribution < -0.4 is 0 Å². The van der Waals surface area contributed by atoms with Crippen LogP contribution in [0.4, 0.5) is 13.6 Å². The molecule has 1 amide bonds. The number of carbonyl (C=O) groups is 1. The fraction of sp³-hybridized carbons (Fsp3) is 0.778. The van der Waals surface area contributed by atoms with Crippen LogP contribution in [0, 0.1) is 11.3 Å². The number of likely N-dealkylation sites (tertiary alicyclic amines) is 1. The summed E-state index contributed by atoms with van der Waals surface area (Å²) in [6, 6.07) is 0. The summed E-state index contributed by atoms with van der Waals surface area (Å²) in [5, 5.41) is 19.7. The van der Waals surface area contributed by atoms with Crippen LogP contribution in [0.5, 0.6) is 0 Å². The molecule has 0 aromatic carbocycles. The molecule has 1 heterocycles. The van der Waals surface area contributed by atoms with Crippen molar-refractivity contribution in [1.29, 1.82) is 0 Å². The number of carboxylic acid groups (broad SMARTS) is 1. The third kappa shape index (κ3) is 1.27. The number of halogens is 2. The second-order valence-electron chi connectivity index (χ2n) is 4.29. The summed E-state index contributed by atoms with van der Waals surface area (Å²) < 4.78 is 27.0. The van der Waals surface area contributed by atoms with E-state index >= 15 is 0 Å². The fourth-order valence-corrected chi connectivity index (χ4v) is 2.58. The lowest BCUT2D eigenvalue weighted by atomic mass is 9.91. The molecule has 1 atom stereocenters. The molecule has 2 N–H and O–H groups in total. The molecule has 1 saturated carbocycles. The fourth-order valence-electron chi connectivity index (χ4n) is 2.58. The van der Waals surface area contributed by atoms with Crippen LogP contribution in [0.3, 0.4) is 0 Å². The molecular formula is C9H12F2N2O3. The SMILES string of the molecule is O=C(O)N1CCC2(CC1)C(/C=N\O)C2(F)F. The lowest BCUT2D eigenvalue weighted by Crippen LogP contribution is -2.39. The standard InChI is InChI=1S/C9H12F2N2O3/c10-9(11)6(5-12-16)8(9)1-3-13(4-2-8)7(14)15/h5-6,16H,1-4H2,(H,14,15)/b12-5-. The van der Waals surface area contributed by atoms with Crippen LogP contribution in [-0.2, 0) is 0 Å². The summed E-state index contributed by atoms with van der Waals surface area (Å²) in [6.07, 6.45) is 0.00811. The van der Waals surface area contributed by atoms with Gasteiger partial charge in [-0.15, -0.1) is 5.16 Å². The minimum absolute atomic E-state index is 0.112. The van der Waals surface area contributed by atoms with Crippen molar-refractivity contribution in [1.82, 2.24) is 4.90 Å². The predicted octanol–water partition coefficient (Wildman–Crippen LogP) is 1.47. The van der Waals surface area contributed by atoms with Gasteiger partial charge in [0.05, 0.1) is 17.5 Å². The normalized spacial score (nSPS) is 30.9. The van der Waals surface area contributed by atoms with Crippen molar-refractivity contribution in [2.45, 2.75) is 18.8 Å². The second-order valence-corrected chi connectivity index (χ2v) is 4.29. The smallest absolute Gasteiger partial charge is 0.407 e.